The van der Waals surface area contributed by atoms with Gasteiger partial charge in [-0.1, -0.05) is 18.5 Å². The number of rotatable bonds is 3. The van der Waals surface area contributed by atoms with E-state index in [0.717, 1.165) is 16.9 Å². The summed E-state index contributed by atoms with van der Waals surface area (Å²) in [4.78, 5) is 11.7. The minimum absolute atomic E-state index is 0.190. The molecule has 0 spiro atoms. The SMILES string of the molecule is CCc1cc(SC)c(Cl)c(C(=O)O)c1. The molecule has 0 aliphatic heterocycles. The van der Waals surface area contributed by atoms with E-state index in [1.165, 1.54) is 11.8 Å². The van der Waals surface area contributed by atoms with Gasteiger partial charge in [-0.25, -0.2) is 4.79 Å². The van der Waals surface area contributed by atoms with Crippen molar-refractivity contribution in [3.63, 3.8) is 0 Å². The molecule has 0 amide bonds. The Balaban J connectivity index is 3.34. The molecular weight excluding hydrogens is 220 g/mol. The van der Waals surface area contributed by atoms with Crippen LogP contribution >= 0.6 is 23.4 Å². The third-order valence-corrected chi connectivity index (χ3v) is 3.24. The number of aryl methyl sites for hydroxylation is 1. The van der Waals surface area contributed by atoms with Crippen molar-refractivity contribution >= 4 is 29.3 Å². The van der Waals surface area contributed by atoms with Gasteiger partial charge >= 0.3 is 5.97 Å². The smallest absolute Gasteiger partial charge is 0.337 e. The van der Waals surface area contributed by atoms with E-state index < -0.39 is 5.97 Å². The molecule has 76 valence electrons. The van der Waals surface area contributed by atoms with Gasteiger partial charge in [0.1, 0.15) is 0 Å². The number of carbonyl (C=O) groups is 1. The van der Waals surface area contributed by atoms with Crippen molar-refractivity contribution in [3.8, 4) is 0 Å². The maximum Gasteiger partial charge on any atom is 0.337 e. The summed E-state index contributed by atoms with van der Waals surface area (Å²) in [7, 11) is 0. The Morgan fingerprint density at radius 2 is 2.21 bits per heavy atom. The molecule has 0 unspecified atom stereocenters. The highest BCUT2D eigenvalue weighted by Crippen LogP contribution is 2.30. The second kappa shape index (κ2) is 4.71. The summed E-state index contributed by atoms with van der Waals surface area (Å²) < 4.78 is 0. The van der Waals surface area contributed by atoms with Crippen LogP contribution in [0.5, 0.6) is 0 Å². The van der Waals surface area contributed by atoms with Gasteiger partial charge in [0, 0.05) is 4.90 Å². The van der Waals surface area contributed by atoms with Crippen LogP contribution in [0, 0.1) is 0 Å². The van der Waals surface area contributed by atoms with Gasteiger partial charge in [-0.15, -0.1) is 11.8 Å². The Hall–Kier alpha value is -0.670. The summed E-state index contributed by atoms with van der Waals surface area (Å²) in [5, 5.41) is 9.25. The van der Waals surface area contributed by atoms with Crippen molar-refractivity contribution in [3.05, 3.63) is 28.3 Å². The zero-order chi connectivity index (χ0) is 10.7. The number of carboxylic acids is 1. The zero-order valence-electron chi connectivity index (χ0n) is 8.00. The first kappa shape index (κ1) is 11.4. The largest absolute Gasteiger partial charge is 0.478 e. The summed E-state index contributed by atoms with van der Waals surface area (Å²) in [5.74, 6) is -0.972. The van der Waals surface area contributed by atoms with Crippen molar-refractivity contribution in [2.24, 2.45) is 0 Å². The van der Waals surface area contributed by atoms with E-state index in [9.17, 15) is 4.79 Å². The molecule has 0 bridgehead atoms. The quantitative estimate of drug-likeness (QED) is 0.810. The van der Waals surface area contributed by atoms with Crippen LogP contribution in [0.2, 0.25) is 5.02 Å². The molecule has 1 N–H and O–H groups in total. The Bertz CT molecular complexity index is 363. The molecule has 0 aromatic heterocycles. The van der Waals surface area contributed by atoms with Crippen LogP contribution in [0.3, 0.4) is 0 Å². The molecule has 2 nitrogen and oxygen atoms in total. The second-order valence-electron chi connectivity index (χ2n) is 2.82. The number of thioether (sulfide) groups is 1. The lowest BCUT2D eigenvalue weighted by atomic mass is 10.1. The molecule has 0 heterocycles. The summed E-state index contributed by atoms with van der Waals surface area (Å²) in [6.45, 7) is 1.99. The standard InChI is InChI=1S/C10H11ClO2S/c1-3-6-4-7(10(12)13)9(11)8(5-6)14-2/h4-5H,3H2,1-2H3,(H,12,13). The van der Waals surface area contributed by atoms with Crippen molar-refractivity contribution in [1.82, 2.24) is 0 Å². The fourth-order valence-electron chi connectivity index (χ4n) is 1.16. The van der Waals surface area contributed by atoms with Gasteiger partial charge in [-0.05, 0) is 30.4 Å². The highest BCUT2D eigenvalue weighted by Gasteiger charge is 2.13. The highest BCUT2D eigenvalue weighted by atomic mass is 35.5. The van der Waals surface area contributed by atoms with Crippen LogP contribution in [0.15, 0.2) is 17.0 Å². The van der Waals surface area contributed by atoms with E-state index in [2.05, 4.69) is 0 Å². The Morgan fingerprint density at radius 1 is 1.57 bits per heavy atom. The van der Waals surface area contributed by atoms with Crippen molar-refractivity contribution in [1.29, 1.82) is 0 Å². The molecule has 0 atom stereocenters. The van der Waals surface area contributed by atoms with Gasteiger partial charge in [-0.2, -0.15) is 0 Å². The first-order valence-electron chi connectivity index (χ1n) is 4.19. The average molecular weight is 231 g/mol. The summed E-state index contributed by atoms with van der Waals surface area (Å²) in [6, 6.07) is 3.56. The number of carboxylic acid groups (broad SMARTS) is 1. The van der Waals surface area contributed by atoms with Crippen LogP contribution in [-0.2, 0) is 6.42 Å². The third-order valence-electron chi connectivity index (χ3n) is 1.96. The summed E-state index contributed by atoms with van der Waals surface area (Å²) >= 11 is 7.39. The molecule has 1 aromatic carbocycles. The molecule has 0 saturated heterocycles. The second-order valence-corrected chi connectivity index (χ2v) is 4.04. The monoisotopic (exact) mass is 230 g/mol. The van der Waals surface area contributed by atoms with Crippen LogP contribution in [-0.4, -0.2) is 17.3 Å². The predicted octanol–water partition coefficient (Wildman–Crippen LogP) is 3.32. The fraction of sp³-hybridized carbons (Fsp3) is 0.300. The predicted molar refractivity (Wildman–Crippen MR) is 59.6 cm³/mol. The van der Waals surface area contributed by atoms with Gasteiger partial charge in [-0.3, -0.25) is 0 Å². The minimum Gasteiger partial charge on any atom is -0.478 e. The maximum atomic E-state index is 10.9. The van der Waals surface area contributed by atoms with E-state index in [1.54, 1.807) is 6.07 Å². The number of aromatic carboxylic acids is 1. The number of hydrogen-bond acceptors (Lipinski definition) is 2. The maximum absolute atomic E-state index is 10.9. The van der Waals surface area contributed by atoms with E-state index in [0.29, 0.717) is 5.02 Å². The summed E-state index contributed by atoms with van der Waals surface area (Å²) in [6.07, 6.45) is 2.69. The molecule has 0 aliphatic rings. The molecular formula is C10H11ClO2S. The van der Waals surface area contributed by atoms with Gasteiger partial charge in [0.2, 0.25) is 0 Å². The number of hydrogen-bond donors (Lipinski definition) is 1. The van der Waals surface area contributed by atoms with Crippen molar-refractivity contribution < 1.29 is 9.90 Å². The van der Waals surface area contributed by atoms with Crippen LogP contribution < -0.4 is 0 Å². The Kier molecular flexibility index (Phi) is 3.84. The van der Waals surface area contributed by atoms with Crippen LogP contribution in [0.25, 0.3) is 0 Å². The lowest BCUT2D eigenvalue weighted by molar-refractivity contribution is 0.0696. The topological polar surface area (TPSA) is 37.3 Å². The molecule has 0 aliphatic carbocycles. The zero-order valence-corrected chi connectivity index (χ0v) is 9.58. The normalized spacial score (nSPS) is 10.2. The van der Waals surface area contributed by atoms with Gasteiger partial charge in [0.05, 0.1) is 10.6 Å². The lowest BCUT2D eigenvalue weighted by Gasteiger charge is -2.07. The van der Waals surface area contributed by atoms with Crippen molar-refractivity contribution in [2.45, 2.75) is 18.2 Å². The fourth-order valence-corrected chi connectivity index (χ4v) is 2.14. The van der Waals surface area contributed by atoms with E-state index in [-0.39, 0.29) is 5.56 Å². The van der Waals surface area contributed by atoms with E-state index >= 15 is 0 Å². The van der Waals surface area contributed by atoms with Crippen LogP contribution in [0.1, 0.15) is 22.8 Å². The first-order valence-corrected chi connectivity index (χ1v) is 5.80. The highest BCUT2D eigenvalue weighted by molar-refractivity contribution is 7.98. The van der Waals surface area contributed by atoms with E-state index in [4.69, 9.17) is 16.7 Å². The third kappa shape index (κ3) is 2.22. The minimum atomic E-state index is -0.972. The molecule has 0 saturated carbocycles. The molecule has 0 fully saturated rings. The number of benzene rings is 1. The lowest BCUT2D eigenvalue weighted by Crippen LogP contribution is -2.00. The van der Waals surface area contributed by atoms with Gasteiger partial charge in [0.25, 0.3) is 0 Å². The average Bonchev–Trinajstić information content (AvgIpc) is 2.17. The van der Waals surface area contributed by atoms with Gasteiger partial charge in [0.15, 0.2) is 0 Å². The summed E-state index contributed by atoms with van der Waals surface area (Å²) in [5.41, 5.74) is 1.19. The number of halogens is 1. The molecule has 14 heavy (non-hydrogen) atoms. The van der Waals surface area contributed by atoms with Crippen molar-refractivity contribution in [2.75, 3.05) is 6.26 Å². The Labute approximate surface area is 92.3 Å². The van der Waals surface area contributed by atoms with Crippen LogP contribution in [0.4, 0.5) is 0 Å². The first-order chi connectivity index (χ1) is 6.60. The molecule has 1 aromatic rings. The Morgan fingerprint density at radius 3 is 2.64 bits per heavy atom. The molecule has 4 heteroatoms. The van der Waals surface area contributed by atoms with E-state index in [1.807, 2.05) is 19.2 Å². The van der Waals surface area contributed by atoms with Gasteiger partial charge < -0.3 is 5.11 Å². The molecule has 0 radical (unpaired) electrons. The molecule has 1 rings (SSSR count).